The molecule has 0 aliphatic heterocycles. The fraction of sp³-hybridized carbons (Fsp3) is 0.294. The van der Waals surface area contributed by atoms with Crippen molar-refractivity contribution in [3.05, 3.63) is 47.8 Å². The van der Waals surface area contributed by atoms with Crippen LogP contribution in [0.4, 0.5) is 0 Å². The van der Waals surface area contributed by atoms with Gasteiger partial charge in [-0.1, -0.05) is 19.1 Å². The number of aromatic amines is 1. The number of imidazole rings is 1. The Hall–Kier alpha value is -2.49. The van der Waals surface area contributed by atoms with Crippen LogP contribution in [0, 0.1) is 0 Å². The van der Waals surface area contributed by atoms with Gasteiger partial charge in [0.05, 0.1) is 24.1 Å². The van der Waals surface area contributed by atoms with Crippen LogP contribution in [0.15, 0.2) is 41.3 Å². The maximum Gasteiger partial charge on any atom is 0.238 e. The fourth-order valence-corrected chi connectivity index (χ4v) is 3.32. The lowest BCUT2D eigenvalue weighted by atomic mass is 10.0. The predicted octanol–water partition coefficient (Wildman–Crippen LogP) is 1.85. The number of hydrogen-bond donors (Lipinski definition) is 3. The van der Waals surface area contributed by atoms with Gasteiger partial charge in [-0.15, -0.1) is 0 Å². The third-order valence-corrected chi connectivity index (χ3v) is 5.00. The first kappa shape index (κ1) is 18.3. The van der Waals surface area contributed by atoms with Crippen molar-refractivity contribution in [3.63, 3.8) is 0 Å². The number of nitrogens with one attached hydrogen (secondary N) is 2. The van der Waals surface area contributed by atoms with Crippen LogP contribution >= 0.6 is 0 Å². The van der Waals surface area contributed by atoms with Crippen molar-refractivity contribution in [2.24, 2.45) is 5.14 Å². The number of rotatable bonds is 7. The molecular weight excluding hydrogens is 354 g/mol. The molecular formula is C17H21N5O3S. The van der Waals surface area contributed by atoms with E-state index in [4.69, 9.17) is 9.88 Å². The second-order valence-electron chi connectivity index (χ2n) is 5.87. The van der Waals surface area contributed by atoms with E-state index in [1.807, 2.05) is 19.1 Å². The quantitative estimate of drug-likeness (QED) is 0.579. The van der Waals surface area contributed by atoms with Crippen molar-refractivity contribution < 1.29 is 13.2 Å². The molecule has 3 rings (SSSR count). The highest BCUT2D eigenvalue weighted by molar-refractivity contribution is 7.89. The highest BCUT2D eigenvalue weighted by atomic mass is 32.2. The number of nitrogens with two attached hydrogens (primary N) is 1. The first-order valence-corrected chi connectivity index (χ1v) is 9.71. The number of fused-ring (bicyclic) bond motifs is 1. The summed E-state index contributed by atoms with van der Waals surface area (Å²) in [6, 6.07) is 10.3. The predicted molar refractivity (Wildman–Crippen MR) is 98.1 cm³/mol. The van der Waals surface area contributed by atoms with Crippen LogP contribution in [0.2, 0.25) is 0 Å². The van der Waals surface area contributed by atoms with Gasteiger partial charge in [-0.05, 0) is 30.2 Å². The summed E-state index contributed by atoms with van der Waals surface area (Å²) < 4.78 is 28.2. The van der Waals surface area contributed by atoms with Crippen molar-refractivity contribution in [2.75, 3.05) is 7.11 Å². The SMILES string of the molecule is CCC(NCc1nc2nc(OC)ccc2[nH]1)c1cccc(S(N)(=O)=O)c1. The topological polar surface area (TPSA) is 123 Å². The van der Waals surface area contributed by atoms with Gasteiger partial charge in [-0.3, -0.25) is 0 Å². The molecule has 0 aliphatic rings. The van der Waals surface area contributed by atoms with Crippen molar-refractivity contribution >= 4 is 21.2 Å². The Labute approximate surface area is 151 Å². The zero-order valence-electron chi connectivity index (χ0n) is 14.6. The van der Waals surface area contributed by atoms with Gasteiger partial charge >= 0.3 is 0 Å². The van der Waals surface area contributed by atoms with Crippen molar-refractivity contribution in [1.29, 1.82) is 0 Å². The minimum atomic E-state index is -3.72. The van der Waals surface area contributed by atoms with Gasteiger partial charge in [0.2, 0.25) is 15.9 Å². The molecule has 4 N–H and O–H groups in total. The van der Waals surface area contributed by atoms with E-state index in [1.54, 1.807) is 25.3 Å². The first-order chi connectivity index (χ1) is 12.4. The largest absolute Gasteiger partial charge is 0.481 e. The first-order valence-electron chi connectivity index (χ1n) is 8.16. The molecule has 3 aromatic rings. The maximum atomic E-state index is 11.6. The zero-order chi connectivity index (χ0) is 18.7. The molecule has 0 amide bonds. The van der Waals surface area contributed by atoms with E-state index in [1.165, 1.54) is 6.07 Å². The molecule has 1 atom stereocenters. The number of hydrogen-bond acceptors (Lipinski definition) is 6. The van der Waals surface area contributed by atoms with Crippen LogP contribution in [0.25, 0.3) is 11.2 Å². The lowest BCUT2D eigenvalue weighted by Crippen LogP contribution is -2.21. The fourth-order valence-electron chi connectivity index (χ4n) is 2.75. The van der Waals surface area contributed by atoms with E-state index in [-0.39, 0.29) is 10.9 Å². The van der Waals surface area contributed by atoms with E-state index in [0.29, 0.717) is 18.1 Å². The van der Waals surface area contributed by atoms with Gasteiger partial charge in [-0.2, -0.15) is 4.98 Å². The Bertz CT molecular complexity index is 1020. The Kier molecular flexibility index (Phi) is 5.21. The summed E-state index contributed by atoms with van der Waals surface area (Å²) in [5.74, 6) is 1.25. The lowest BCUT2D eigenvalue weighted by Gasteiger charge is -2.17. The molecule has 138 valence electrons. The van der Waals surface area contributed by atoms with Crippen LogP contribution in [-0.2, 0) is 16.6 Å². The molecule has 26 heavy (non-hydrogen) atoms. The van der Waals surface area contributed by atoms with Crippen molar-refractivity contribution in [2.45, 2.75) is 30.8 Å². The van der Waals surface area contributed by atoms with Crippen molar-refractivity contribution in [3.8, 4) is 5.88 Å². The van der Waals surface area contributed by atoms with Gasteiger partial charge in [0, 0.05) is 12.1 Å². The second kappa shape index (κ2) is 7.40. The van der Waals surface area contributed by atoms with E-state index in [0.717, 1.165) is 23.3 Å². The molecule has 0 saturated heterocycles. The number of sulfonamides is 1. The number of methoxy groups -OCH3 is 1. The van der Waals surface area contributed by atoms with Crippen LogP contribution in [0.3, 0.4) is 0 Å². The Morgan fingerprint density at radius 3 is 2.77 bits per heavy atom. The molecule has 0 bridgehead atoms. The molecule has 0 radical (unpaired) electrons. The number of nitrogens with zero attached hydrogens (tertiary/aromatic N) is 2. The Morgan fingerprint density at radius 1 is 1.27 bits per heavy atom. The van der Waals surface area contributed by atoms with Gasteiger partial charge < -0.3 is 15.0 Å². The number of benzene rings is 1. The molecule has 9 heteroatoms. The van der Waals surface area contributed by atoms with Gasteiger partial charge in [0.15, 0.2) is 5.65 Å². The van der Waals surface area contributed by atoms with Crippen LogP contribution in [-0.4, -0.2) is 30.5 Å². The maximum absolute atomic E-state index is 11.6. The Morgan fingerprint density at radius 2 is 2.08 bits per heavy atom. The summed E-state index contributed by atoms with van der Waals surface area (Å²) in [6.07, 6.45) is 0.778. The highest BCUT2D eigenvalue weighted by Gasteiger charge is 2.14. The number of ether oxygens (including phenoxy) is 1. The molecule has 0 saturated carbocycles. The standard InChI is InChI=1S/C17H21N5O3S/c1-3-13(11-5-4-6-12(9-11)26(18,23)24)19-10-15-20-14-7-8-16(25-2)22-17(14)21-15/h4-9,13,19H,3,10H2,1-2H3,(H2,18,23,24)(H,20,21,22). The third-order valence-electron chi connectivity index (χ3n) is 4.09. The van der Waals surface area contributed by atoms with E-state index in [2.05, 4.69) is 20.3 Å². The number of H-pyrrole nitrogens is 1. The summed E-state index contributed by atoms with van der Waals surface area (Å²) in [7, 11) is -2.16. The minimum absolute atomic E-state index is 0.0348. The average Bonchev–Trinajstić information content (AvgIpc) is 3.03. The summed E-state index contributed by atoms with van der Waals surface area (Å²) in [5.41, 5.74) is 2.27. The van der Waals surface area contributed by atoms with E-state index < -0.39 is 10.0 Å². The monoisotopic (exact) mass is 375 g/mol. The molecule has 1 aromatic carbocycles. The molecule has 0 fully saturated rings. The van der Waals surface area contributed by atoms with Crippen LogP contribution in [0.5, 0.6) is 5.88 Å². The summed E-state index contributed by atoms with van der Waals surface area (Å²) in [5, 5.41) is 8.60. The molecule has 1 unspecified atom stereocenters. The molecule has 0 aliphatic carbocycles. The number of pyridine rings is 1. The van der Waals surface area contributed by atoms with Crippen LogP contribution in [0.1, 0.15) is 30.8 Å². The van der Waals surface area contributed by atoms with Gasteiger partial charge in [0.25, 0.3) is 0 Å². The highest BCUT2D eigenvalue weighted by Crippen LogP contribution is 2.21. The molecule has 2 heterocycles. The molecule has 8 nitrogen and oxygen atoms in total. The second-order valence-corrected chi connectivity index (χ2v) is 7.43. The van der Waals surface area contributed by atoms with Gasteiger partial charge in [0.1, 0.15) is 5.82 Å². The number of primary sulfonamides is 1. The summed E-state index contributed by atoms with van der Waals surface area (Å²) >= 11 is 0. The summed E-state index contributed by atoms with van der Waals surface area (Å²) in [4.78, 5) is 12.1. The average molecular weight is 375 g/mol. The summed E-state index contributed by atoms with van der Waals surface area (Å²) in [6.45, 7) is 2.50. The van der Waals surface area contributed by atoms with E-state index in [9.17, 15) is 8.42 Å². The smallest absolute Gasteiger partial charge is 0.238 e. The van der Waals surface area contributed by atoms with Gasteiger partial charge in [-0.25, -0.2) is 18.5 Å². The Balaban J connectivity index is 1.77. The molecule has 0 spiro atoms. The number of aromatic nitrogens is 3. The normalized spacial score (nSPS) is 13.0. The zero-order valence-corrected chi connectivity index (χ0v) is 15.4. The molecule has 2 aromatic heterocycles. The van der Waals surface area contributed by atoms with Crippen LogP contribution < -0.4 is 15.2 Å². The minimum Gasteiger partial charge on any atom is -0.481 e. The van der Waals surface area contributed by atoms with E-state index >= 15 is 0 Å². The van der Waals surface area contributed by atoms with Crippen molar-refractivity contribution in [1.82, 2.24) is 20.3 Å². The lowest BCUT2D eigenvalue weighted by molar-refractivity contribution is 0.399. The third kappa shape index (κ3) is 4.01.